The van der Waals surface area contributed by atoms with E-state index in [1.54, 1.807) is 12.1 Å². The zero-order valence-corrected chi connectivity index (χ0v) is 12.9. The highest BCUT2D eigenvalue weighted by atomic mass is 32.2. The number of hydrogen-bond acceptors (Lipinski definition) is 4. The predicted octanol–water partition coefficient (Wildman–Crippen LogP) is 1.11. The number of hydrogen-bond donors (Lipinski definition) is 3. The Morgan fingerprint density at radius 2 is 1.95 bits per heavy atom. The predicted molar refractivity (Wildman–Crippen MR) is 81.2 cm³/mol. The van der Waals surface area contributed by atoms with Crippen molar-refractivity contribution in [3.8, 4) is 0 Å². The molecule has 21 heavy (non-hydrogen) atoms. The first kappa shape index (κ1) is 15.9. The van der Waals surface area contributed by atoms with Crippen molar-refractivity contribution < 1.29 is 13.2 Å². The highest BCUT2D eigenvalue weighted by Gasteiger charge is 2.37. The minimum Gasteiger partial charge on any atom is -0.324 e. The number of rotatable bonds is 4. The van der Waals surface area contributed by atoms with Gasteiger partial charge in [0.1, 0.15) is 0 Å². The Morgan fingerprint density at radius 1 is 1.33 bits per heavy atom. The Morgan fingerprint density at radius 3 is 2.48 bits per heavy atom. The minimum atomic E-state index is -3.82. The number of amides is 1. The van der Waals surface area contributed by atoms with E-state index in [0.717, 1.165) is 12.8 Å². The van der Waals surface area contributed by atoms with Crippen LogP contribution in [0.3, 0.4) is 0 Å². The number of benzene rings is 1. The molecule has 0 spiro atoms. The van der Waals surface area contributed by atoms with Crippen molar-refractivity contribution in [3.05, 3.63) is 23.8 Å². The largest absolute Gasteiger partial charge is 0.324 e. The molecule has 1 saturated carbocycles. The van der Waals surface area contributed by atoms with Gasteiger partial charge in [-0.2, -0.15) is 0 Å². The lowest BCUT2D eigenvalue weighted by molar-refractivity contribution is -0.121. The van der Waals surface area contributed by atoms with Gasteiger partial charge in [-0.25, -0.2) is 13.6 Å². The molecule has 6 nitrogen and oxygen atoms in total. The molecule has 1 aromatic rings. The number of aryl methyl sites for hydroxylation is 1. The first-order valence-electron chi connectivity index (χ1n) is 7.02. The van der Waals surface area contributed by atoms with Crippen molar-refractivity contribution in [1.82, 2.24) is 0 Å². The molecule has 0 aliphatic heterocycles. The summed E-state index contributed by atoms with van der Waals surface area (Å²) in [6, 6.07) is 4.72. The number of carbonyl (C=O) groups is 1. The van der Waals surface area contributed by atoms with Gasteiger partial charge in [-0.15, -0.1) is 0 Å². The van der Waals surface area contributed by atoms with Crippen LogP contribution in [0.1, 0.15) is 38.2 Å². The monoisotopic (exact) mass is 311 g/mol. The van der Waals surface area contributed by atoms with Gasteiger partial charge in [0.05, 0.1) is 10.4 Å². The van der Waals surface area contributed by atoms with Gasteiger partial charge in [-0.1, -0.05) is 25.8 Å². The molecule has 1 aliphatic carbocycles. The summed E-state index contributed by atoms with van der Waals surface area (Å²) in [5, 5.41) is 7.92. The van der Waals surface area contributed by atoms with Gasteiger partial charge in [0.25, 0.3) is 0 Å². The Bertz CT molecular complexity index is 649. The van der Waals surface area contributed by atoms with Crippen molar-refractivity contribution in [2.75, 3.05) is 5.32 Å². The van der Waals surface area contributed by atoms with Gasteiger partial charge in [0.15, 0.2) is 0 Å². The second-order valence-corrected chi connectivity index (χ2v) is 7.07. The normalized spacial score (nSPS) is 17.7. The number of nitrogens with one attached hydrogen (secondary N) is 1. The van der Waals surface area contributed by atoms with Gasteiger partial charge in [-0.3, -0.25) is 4.79 Å². The smallest absolute Gasteiger partial charge is 0.244 e. The molecule has 5 N–H and O–H groups in total. The molecular formula is C14H21N3O3S. The van der Waals surface area contributed by atoms with E-state index in [2.05, 4.69) is 5.32 Å². The van der Waals surface area contributed by atoms with Crippen LogP contribution in [0.25, 0.3) is 0 Å². The van der Waals surface area contributed by atoms with Crippen LogP contribution in [-0.2, 0) is 21.2 Å². The Balaban J connectivity index is 2.27. The Hall–Kier alpha value is -1.44. The minimum absolute atomic E-state index is 0.0419. The third kappa shape index (κ3) is 3.42. The SMILES string of the molecule is CCc1ccc(NC(=O)C2(N)CCCC2)cc1S(N)(=O)=O. The topological polar surface area (TPSA) is 115 Å². The molecule has 1 amide bonds. The molecule has 0 saturated heterocycles. The van der Waals surface area contributed by atoms with Crippen molar-refractivity contribution in [3.63, 3.8) is 0 Å². The van der Waals surface area contributed by atoms with Gasteiger partial charge >= 0.3 is 0 Å². The van der Waals surface area contributed by atoms with E-state index in [1.807, 2.05) is 6.92 Å². The van der Waals surface area contributed by atoms with E-state index in [-0.39, 0.29) is 10.8 Å². The maximum atomic E-state index is 12.2. The van der Waals surface area contributed by atoms with Gasteiger partial charge in [-0.05, 0) is 37.0 Å². The molecule has 0 radical (unpaired) electrons. The van der Waals surface area contributed by atoms with E-state index in [1.165, 1.54) is 6.07 Å². The average molecular weight is 311 g/mol. The first-order chi connectivity index (χ1) is 9.76. The molecule has 1 aromatic carbocycles. The van der Waals surface area contributed by atoms with Crippen LogP contribution in [-0.4, -0.2) is 19.9 Å². The van der Waals surface area contributed by atoms with Crippen LogP contribution in [0.4, 0.5) is 5.69 Å². The second-order valence-electron chi connectivity index (χ2n) is 5.54. The molecule has 0 bridgehead atoms. The van der Waals surface area contributed by atoms with Crippen LogP contribution in [0, 0.1) is 0 Å². The van der Waals surface area contributed by atoms with E-state index in [9.17, 15) is 13.2 Å². The summed E-state index contributed by atoms with van der Waals surface area (Å²) in [6.45, 7) is 1.84. The van der Waals surface area contributed by atoms with Crippen LogP contribution < -0.4 is 16.2 Å². The van der Waals surface area contributed by atoms with E-state index in [0.29, 0.717) is 30.5 Å². The molecule has 2 rings (SSSR count). The van der Waals surface area contributed by atoms with E-state index < -0.39 is 15.6 Å². The van der Waals surface area contributed by atoms with Crippen molar-refractivity contribution in [2.24, 2.45) is 10.9 Å². The summed E-state index contributed by atoms with van der Waals surface area (Å²) in [5.74, 6) is -0.274. The average Bonchev–Trinajstić information content (AvgIpc) is 2.86. The summed E-state index contributed by atoms with van der Waals surface area (Å²) < 4.78 is 23.2. The quantitative estimate of drug-likeness (QED) is 0.772. The zero-order valence-electron chi connectivity index (χ0n) is 12.1. The van der Waals surface area contributed by atoms with Gasteiger partial charge < -0.3 is 11.1 Å². The molecule has 1 fully saturated rings. The first-order valence-corrected chi connectivity index (χ1v) is 8.57. The fourth-order valence-electron chi connectivity index (χ4n) is 2.68. The summed E-state index contributed by atoms with van der Waals surface area (Å²) in [5.41, 5.74) is 6.24. The second kappa shape index (κ2) is 5.75. The van der Waals surface area contributed by atoms with E-state index >= 15 is 0 Å². The molecular weight excluding hydrogens is 290 g/mol. The lowest BCUT2D eigenvalue weighted by Crippen LogP contribution is -2.48. The van der Waals surface area contributed by atoms with Gasteiger partial charge in [0, 0.05) is 5.69 Å². The zero-order chi connectivity index (χ0) is 15.7. The molecule has 116 valence electrons. The summed E-state index contributed by atoms with van der Waals surface area (Å²) in [4.78, 5) is 12.3. The summed E-state index contributed by atoms with van der Waals surface area (Å²) in [6.07, 6.45) is 3.70. The number of sulfonamides is 1. The fourth-order valence-corrected chi connectivity index (χ4v) is 3.55. The highest BCUT2D eigenvalue weighted by Crippen LogP contribution is 2.29. The molecule has 0 unspecified atom stereocenters. The lowest BCUT2D eigenvalue weighted by atomic mass is 9.98. The van der Waals surface area contributed by atoms with Crippen molar-refractivity contribution in [1.29, 1.82) is 0 Å². The molecule has 1 aliphatic rings. The number of primary sulfonamides is 1. The summed E-state index contributed by atoms with van der Waals surface area (Å²) in [7, 11) is -3.82. The summed E-state index contributed by atoms with van der Waals surface area (Å²) >= 11 is 0. The molecule has 0 heterocycles. The van der Waals surface area contributed by atoms with Crippen molar-refractivity contribution in [2.45, 2.75) is 49.5 Å². The maximum absolute atomic E-state index is 12.2. The van der Waals surface area contributed by atoms with Crippen molar-refractivity contribution >= 4 is 21.6 Å². The maximum Gasteiger partial charge on any atom is 0.244 e. The molecule has 7 heteroatoms. The number of anilines is 1. The third-order valence-electron chi connectivity index (χ3n) is 3.96. The highest BCUT2D eigenvalue weighted by molar-refractivity contribution is 7.89. The van der Waals surface area contributed by atoms with Gasteiger partial charge in [0.2, 0.25) is 15.9 Å². The van der Waals surface area contributed by atoms with Crippen LogP contribution in [0.15, 0.2) is 23.1 Å². The number of carbonyl (C=O) groups excluding carboxylic acids is 1. The Labute approximate surface area is 124 Å². The molecule has 0 atom stereocenters. The molecule has 0 aromatic heterocycles. The fraction of sp³-hybridized carbons (Fsp3) is 0.500. The van der Waals surface area contributed by atoms with Crippen LogP contribution in [0.2, 0.25) is 0 Å². The lowest BCUT2D eigenvalue weighted by Gasteiger charge is -2.22. The van der Waals surface area contributed by atoms with Crippen LogP contribution in [0.5, 0.6) is 0 Å². The number of nitrogens with two attached hydrogens (primary N) is 2. The standard InChI is InChI=1S/C14H21N3O3S/c1-2-10-5-6-11(9-12(10)21(16,19)20)17-13(18)14(15)7-3-4-8-14/h5-6,9H,2-4,7-8,15H2,1H3,(H,17,18)(H2,16,19,20). The van der Waals surface area contributed by atoms with E-state index in [4.69, 9.17) is 10.9 Å². The Kier molecular flexibility index (Phi) is 4.36. The van der Waals surface area contributed by atoms with Crippen LogP contribution >= 0.6 is 0 Å². The third-order valence-corrected chi connectivity index (χ3v) is 4.95.